The van der Waals surface area contributed by atoms with E-state index in [4.69, 9.17) is 5.84 Å². The van der Waals surface area contributed by atoms with Gasteiger partial charge in [0.2, 0.25) is 0 Å². The molecule has 0 aliphatic rings. The molecule has 19 heavy (non-hydrogen) atoms. The summed E-state index contributed by atoms with van der Waals surface area (Å²) in [5.41, 5.74) is 2.92. The van der Waals surface area contributed by atoms with Gasteiger partial charge in [-0.15, -0.1) is 11.3 Å². The van der Waals surface area contributed by atoms with Crippen LogP contribution in [0.25, 0.3) is 0 Å². The molecule has 2 heterocycles. The van der Waals surface area contributed by atoms with Crippen LogP contribution in [0, 0.1) is 0 Å². The Labute approximate surface area is 118 Å². The molecule has 0 radical (unpaired) electrons. The molecular formula is C14H22N4S. The molecule has 0 saturated heterocycles. The number of rotatable bonds is 8. The van der Waals surface area contributed by atoms with E-state index in [0.717, 1.165) is 38.1 Å². The van der Waals surface area contributed by atoms with Gasteiger partial charge in [-0.05, 0) is 37.6 Å². The number of thiophene rings is 1. The molecule has 0 amide bonds. The molecule has 0 bridgehead atoms. The maximum absolute atomic E-state index is 5.66. The van der Waals surface area contributed by atoms with Crippen LogP contribution in [-0.2, 0) is 19.4 Å². The van der Waals surface area contributed by atoms with Gasteiger partial charge in [-0.25, -0.2) is 4.98 Å². The second-order valence-corrected chi connectivity index (χ2v) is 5.70. The first-order chi connectivity index (χ1) is 9.33. The summed E-state index contributed by atoms with van der Waals surface area (Å²) in [6.07, 6.45) is 8.14. The van der Waals surface area contributed by atoms with E-state index >= 15 is 0 Å². The van der Waals surface area contributed by atoms with E-state index in [0.29, 0.717) is 6.04 Å². The Morgan fingerprint density at radius 2 is 2.42 bits per heavy atom. The summed E-state index contributed by atoms with van der Waals surface area (Å²) >= 11 is 1.83. The fraction of sp³-hybridized carbons (Fsp3) is 0.500. The zero-order valence-electron chi connectivity index (χ0n) is 11.4. The molecule has 4 nitrogen and oxygen atoms in total. The average molecular weight is 278 g/mol. The molecule has 1 unspecified atom stereocenters. The van der Waals surface area contributed by atoms with Crippen molar-refractivity contribution in [3.8, 4) is 0 Å². The van der Waals surface area contributed by atoms with Crippen molar-refractivity contribution < 1.29 is 0 Å². The standard InChI is InChI=1S/C14H22N4S/c1-2-18-9-8-16-14(18)11-12(17-15)5-3-6-13-7-4-10-19-13/h4,7-10,12,17H,2-3,5-6,11,15H2,1H3. The lowest BCUT2D eigenvalue weighted by Gasteiger charge is -2.15. The van der Waals surface area contributed by atoms with Crippen LogP contribution in [-0.4, -0.2) is 15.6 Å². The molecule has 104 valence electrons. The zero-order valence-corrected chi connectivity index (χ0v) is 12.2. The first kappa shape index (κ1) is 14.2. The average Bonchev–Trinajstić information content (AvgIpc) is 3.08. The molecular weight excluding hydrogens is 256 g/mol. The zero-order chi connectivity index (χ0) is 13.5. The number of hydrazine groups is 1. The molecule has 5 heteroatoms. The molecule has 2 aromatic rings. The van der Waals surface area contributed by atoms with E-state index in [1.807, 2.05) is 23.7 Å². The van der Waals surface area contributed by atoms with Gasteiger partial charge in [0.05, 0.1) is 0 Å². The van der Waals surface area contributed by atoms with E-state index in [-0.39, 0.29) is 0 Å². The van der Waals surface area contributed by atoms with Crippen LogP contribution >= 0.6 is 11.3 Å². The number of aromatic nitrogens is 2. The number of aryl methyl sites for hydroxylation is 2. The maximum atomic E-state index is 5.66. The van der Waals surface area contributed by atoms with Gasteiger partial charge in [0.1, 0.15) is 5.82 Å². The van der Waals surface area contributed by atoms with E-state index in [9.17, 15) is 0 Å². The molecule has 0 aromatic carbocycles. The van der Waals surface area contributed by atoms with E-state index in [1.165, 1.54) is 4.88 Å². The second kappa shape index (κ2) is 7.43. The van der Waals surface area contributed by atoms with Gasteiger partial charge in [-0.2, -0.15) is 0 Å². The highest BCUT2D eigenvalue weighted by Gasteiger charge is 2.11. The van der Waals surface area contributed by atoms with Crippen LogP contribution in [0.1, 0.15) is 30.5 Å². The normalized spacial score (nSPS) is 12.7. The summed E-state index contributed by atoms with van der Waals surface area (Å²) in [5.74, 6) is 6.77. The number of imidazole rings is 1. The molecule has 2 rings (SSSR count). The Morgan fingerprint density at radius 3 is 3.11 bits per heavy atom. The molecule has 0 aliphatic carbocycles. The number of hydrogen-bond acceptors (Lipinski definition) is 4. The summed E-state index contributed by atoms with van der Waals surface area (Å²) < 4.78 is 2.17. The van der Waals surface area contributed by atoms with Crippen molar-refractivity contribution in [3.05, 3.63) is 40.6 Å². The monoisotopic (exact) mass is 278 g/mol. The van der Waals surface area contributed by atoms with Gasteiger partial charge in [0.25, 0.3) is 0 Å². The fourth-order valence-electron chi connectivity index (χ4n) is 2.26. The topological polar surface area (TPSA) is 55.9 Å². The molecule has 0 fully saturated rings. The van der Waals surface area contributed by atoms with Gasteiger partial charge < -0.3 is 4.57 Å². The Morgan fingerprint density at radius 1 is 1.53 bits per heavy atom. The molecule has 0 spiro atoms. The van der Waals surface area contributed by atoms with Gasteiger partial charge in [-0.1, -0.05) is 6.07 Å². The number of nitrogens with two attached hydrogens (primary N) is 1. The first-order valence-corrected chi connectivity index (χ1v) is 7.70. The van der Waals surface area contributed by atoms with Crippen molar-refractivity contribution in [1.29, 1.82) is 0 Å². The van der Waals surface area contributed by atoms with Gasteiger partial charge >= 0.3 is 0 Å². The highest BCUT2D eigenvalue weighted by atomic mass is 32.1. The third kappa shape index (κ3) is 4.16. The number of nitrogens with zero attached hydrogens (tertiary/aromatic N) is 2. The predicted molar refractivity (Wildman–Crippen MR) is 80.0 cm³/mol. The van der Waals surface area contributed by atoms with Gasteiger partial charge in [-0.3, -0.25) is 11.3 Å². The van der Waals surface area contributed by atoms with Gasteiger partial charge in [0.15, 0.2) is 0 Å². The van der Waals surface area contributed by atoms with E-state index < -0.39 is 0 Å². The van der Waals surface area contributed by atoms with Crippen LogP contribution in [0.3, 0.4) is 0 Å². The summed E-state index contributed by atoms with van der Waals surface area (Å²) in [7, 11) is 0. The van der Waals surface area contributed by atoms with Crippen LogP contribution in [0.5, 0.6) is 0 Å². The van der Waals surface area contributed by atoms with Crippen LogP contribution in [0.4, 0.5) is 0 Å². The Hall–Kier alpha value is -1.17. The van der Waals surface area contributed by atoms with Crippen molar-refractivity contribution in [1.82, 2.24) is 15.0 Å². The van der Waals surface area contributed by atoms with Crippen molar-refractivity contribution >= 4 is 11.3 Å². The minimum absolute atomic E-state index is 0.299. The fourth-order valence-corrected chi connectivity index (χ4v) is 3.01. The summed E-state index contributed by atoms with van der Waals surface area (Å²) in [4.78, 5) is 5.85. The SMILES string of the molecule is CCn1ccnc1CC(CCCc1cccs1)NN. The smallest absolute Gasteiger partial charge is 0.110 e. The second-order valence-electron chi connectivity index (χ2n) is 4.67. The van der Waals surface area contributed by atoms with E-state index in [2.05, 4.69) is 39.4 Å². The van der Waals surface area contributed by atoms with Crippen molar-refractivity contribution in [2.24, 2.45) is 5.84 Å². The number of hydrogen-bond donors (Lipinski definition) is 2. The Balaban J connectivity index is 1.80. The number of nitrogens with one attached hydrogen (secondary N) is 1. The van der Waals surface area contributed by atoms with Crippen molar-refractivity contribution in [2.75, 3.05) is 0 Å². The lowest BCUT2D eigenvalue weighted by atomic mass is 10.1. The Kier molecular flexibility index (Phi) is 5.57. The largest absolute Gasteiger partial charge is 0.335 e. The predicted octanol–water partition coefficient (Wildman–Crippen LogP) is 2.36. The minimum Gasteiger partial charge on any atom is -0.335 e. The maximum Gasteiger partial charge on any atom is 0.110 e. The summed E-state index contributed by atoms with van der Waals surface area (Å²) in [6.45, 7) is 3.09. The Bertz CT molecular complexity index is 464. The molecule has 2 aromatic heterocycles. The quantitative estimate of drug-likeness (QED) is 0.576. The third-order valence-corrected chi connectivity index (χ3v) is 4.30. The van der Waals surface area contributed by atoms with E-state index in [1.54, 1.807) is 0 Å². The minimum atomic E-state index is 0.299. The van der Waals surface area contributed by atoms with Crippen LogP contribution < -0.4 is 11.3 Å². The van der Waals surface area contributed by atoms with Crippen molar-refractivity contribution in [2.45, 2.75) is 45.2 Å². The summed E-state index contributed by atoms with van der Waals surface area (Å²) in [5, 5.41) is 2.13. The lowest BCUT2D eigenvalue weighted by molar-refractivity contribution is 0.460. The first-order valence-electron chi connectivity index (χ1n) is 6.82. The van der Waals surface area contributed by atoms with Crippen LogP contribution in [0.15, 0.2) is 29.9 Å². The highest BCUT2D eigenvalue weighted by molar-refractivity contribution is 7.09. The highest BCUT2D eigenvalue weighted by Crippen LogP contribution is 2.14. The molecule has 0 saturated carbocycles. The molecule has 3 N–H and O–H groups in total. The van der Waals surface area contributed by atoms with Gasteiger partial charge in [0, 0.05) is 36.3 Å². The molecule has 0 aliphatic heterocycles. The summed E-state index contributed by atoms with van der Waals surface area (Å²) in [6, 6.07) is 4.60. The molecule has 1 atom stereocenters. The van der Waals surface area contributed by atoms with Crippen molar-refractivity contribution in [3.63, 3.8) is 0 Å². The third-order valence-electron chi connectivity index (χ3n) is 3.36. The van der Waals surface area contributed by atoms with Crippen LogP contribution in [0.2, 0.25) is 0 Å². The lowest BCUT2D eigenvalue weighted by Crippen LogP contribution is -2.37.